The third-order valence-corrected chi connectivity index (χ3v) is 4.52. The SMILES string of the molecule is O=C1OC(C=Cc2ccccc2)=NC1=Cc1ccc(-c2cc([N+](=O)[O-])ccc2Cl)o1. The summed E-state index contributed by atoms with van der Waals surface area (Å²) in [5.41, 5.74) is 1.29. The van der Waals surface area contributed by atoms with Gasteiger partial charge < -0.3 is 9.15 Å². The fraction of sp³-hybridized carbons (Fsp3) is 0. The lowest BCUT2D eigenvalue weighted by atomic mass is 10.1. The maximum Gasteiger partial charge on any atom is 0.363 e. The van der Waals surface area contributed by atoms with Crippen molar-refractivity contribution in [1.82, 2.24) is 0 Å². The molecule has 0 aliphatic carbocycles. The van der Waals surface area contributed by atoms with Crippen LogP contribution in [0.15, 0.2) is 81.8 Å². The van der Waals surface area contributed by atoms with E-state index >= 15 is 0 Å². The van der Waals surface area contributed by atoms with E-state index < -0.39 is 10.9 Å². The molecule has 2 heterocycles. The number of hydrogen-bond donors (Lipinski definition) is 0. The first-order valence-corrected chi connectivity index (χ1v) is 9.17. The average Bonchev–Trinajstić information content (AvgIpc) is 3.34. The number of furan rings is 1. The molecule has 0 radical (unpaired) electrons. The van der Waals surface area contributed by atoms with Crippen LogP contribution in [-0.4, -0.2) is 16.8 Å². The summed E-state index contributed by atoms with van der Waals surface area (Å²) in [6.45, 7) is 0. The number of rotatable bonds is 5. The number of hydrogen-bond acceptors (Lipinski definition) is 6. The molecular formula is C22H13ClN2O5. The molecule has 0 N–H and O–H groups in total. The Morgan fingerprint density at radius 2 is 1.83 bits per heavy atom. The molecule has 4 rings (SSSR count). The molecule has 3 aromatic rings. The third-order valence-electron chi connectivity index (χ3n) is 4.19. The molecule has 8 heteroatoms. The standard InChI is InChI=1S/C22H13ClN2O5/c23-18-9-7-15(25(27)28)12-17(18)20-10-8-16(29-20)13-19-22(26)30-21(24-19)11-6-14-4-2-1-3-5-14/h1-13H. The van der Waals surface area contributed by atoms with Crippen LogP contribution < -0.4 is 0 Å². The molecule has 7 nitrogen and oxygen atoms in total. The van der Waals surface area contributed by atoms with Crippen molar-refractivity contribution in [3.63, 3.8) is 0 Å². The minimum absolute atomic E-state index is 0.0775. The molecule has 0 atom stereocenters. The molecule has 1 aliphatic rings. The Morgan fingerprint density at radius 1 is 1.03 bits per heavy atom. The predicted octanol–water partition coefficient (Wildman–Crippen LogP) is 5.52. The van der Waals surface area contributed by atoms with Gasteiger partial charge in [0.1, 0.15) is 11.5 Å². The van der Waals surface area contributed by atoms with Crippen molar-refractivity contribution in [3.05, 3.63) is 98.9 Å². The van der Waals surface area contributed by atoms with Gasteiger partial charge in [-0.3, -0.25) is 10.1 Å². The van der Waals surface area contributed by atoms with Gasteiger partial charge in [0.25, 0.3) is 5.69 Å². The van der Waals surface area contributed by atoms with Crippen LogP contribution >= 0.6 is 11.6 Å². The molecule has 30 heavy (non-hydrogen) atoms. The zero-order valence-corrected chi connectivity index (χ0v) is 16.1. The molecule has 0 saturated heterocycles. The molecule has 1 aliphatic heterocycles. The Labute approximate surface area is 175 Å². The number of cyclic esters (lactones) is 1. The number of benzene rings is 2. The highest BCUT2D eigenvalue weighted by Gasteiger charge is 2.22. The number of nitro benzene ring substituents is 1. The van der Waals surface area contributed by atoms with Crippen LogP contribution in [0.5, 0.6) is 0 Å². The Kier molecular flexibility index (Phi) is 5.28. The highest BCUT2D eigenvalue weighted by molar-refractivity contribution is 6.33. The lowest BCUT2D eigenvalue weighted by Crippen LogP contribution is -2.00. The highest BCUT2D eigenvalue weighted by atomic mass is 35.5. The summed E-state index contributed by atoms with van der Waals surface area (Å²) < 4.78 is 10.8. The molecule has 1 aromatic heterocycles. The molecule has 0 spiro atoms. The first kappa shape index (κ1) is 19.4. The number of ether oxygens (including phenoxy) is 1. The first-order valence-electron chi connectivity index (χ1n) is 8.79. The third kappa shape index (κ3) is 4.21. The number of nitro groups is 1. The molecular weight excluding hydrogens is 408 g/mol. The van der Waals surface area contributed by atoms with Crippen molar-refractivity contribution < 1.29 is 18.9 Å². The van der Waals surface area contributed by atoms with Gasteiger partial charge in [-0.1, -0.05) is 41.9 Å². The van der Waals surface area contributed by atoms with Crippen LogP contribution in [0.2, 0.25) is 5.02 Å². The van der Waals surface area contributed by atoms with Crippen molar-refractivity contribution >= 4 is 41.3 Å². The highest BCUT2D eigenvalue weighted by Crippen LogP contribution is 2.33. The molecule has 0 unspecified atom stereocenters. The van der Waals surface area contributed by atoms with E-state index in [2.05, 4.69) is 4.99 Å². The molecule has 148 valence electrons. The minimum atomic E-state index is -0.603. The van der Waals surface area contributed by atoms with Crippen molar-refractivity contribution in [3.8, 4) is 11.3 Å². The van der Waals surface area contributed by atoms with Crippen LogP contribution in [-0.2, 0) is 9.53 Å². The van der Waals surface area contributed by atoms with E-state index in [-0.39, 0.29) is 17.3 Å². The Hall–Kier alpha value is -3.97. The predicted molar refractivity (Wildman–Crippen MR) is 113 cm³/mol. The number of esters is 1. The maximum absolute atomic E-state index is 12.1. The summed E-state index contributed by atoms with van der Waals surface area (Å²) in [5.74, 6) is 0.226. The van der Waals surface area contributed by atoms with Gasteiger partial charge in [-0.15, -0.1) is 0 Å². The van der Waals surface area contributed by atoms with Crippen molar-refractivity contribution in [1.29, 1.82) is 0 Å². The fourth-order valence-electron chi connectivity index (χ4n) is 2.75. The molecule has 0 fully saturated rings. The summed E-state index contributed by atoms with van der Waals surface area (Å²) in [6, 6.07) is 16.8. The van der Waals surface area contributed by atoms with E-state index in [4.69, 9.17) is 20.8 Å². The Bertz CT molecular complexity index is 1230. The van der Waals surface area contributed by atoms with E-state index in [0.717, 1.165) is 5.56 Å². The topological polar surface area (TPSA) is 94.9 Å². The van der Waals surface area contributed by atoms with E-state index in [1.165, 1.54) is 24.3 Å². The first-order chi connectivity index (χ1) is 14.5. The van der Waals surface area contributed by atoms with Crippen LogP contribution in [0.1, 0.15) is 11.3 Å². The van der Waals surface area contributed by atoms with E-state index in [1.807, 2.05) is 30.3 Å². The van der Waals surface area contributed by atoms with Gasteiger partial charge in [0.2, 0.25) is 5.90 Å². The number of carbonyl (C=O) groups excluding carboxylic acids is 1. The van der Waals surface area contributed by atoms with Gasteiger partial charge in [-0.25, -0.2) is 9.79 Å². The molecule has 0 bridgehead atoms. The van der Waals surface area contributed by atoms with Crippen molar-refractivity contribution in [2.75, 3.05) is 0 Å². The molecule has 0 saturated carbocycles. The van der Waals surface area contributed by atoms with Crippen molar-refractivity contribution in [2.45, 2.75) is 0 Å². The zero-order chi connectivity index (χ0) is 21.1. The molecule has 2 aromatic carbocycles. The largest absolute Gasteiger partial charge is 0.457 e. The smallest absolute Gasteiger partial charge is 0.363 e. The van der Waals surface area contributed by atoms with E-state index in [9.17, 15) is 14.9 Å². The fourth-order valence-corrected chi connectivity index (χ4v) is 2.96. The number of non-ortho nitro benzene ring substituents is 1. The summed E-state index contributed by atoms with van der Waals surface area (Å²) >= 11 is 6.14. The number of aliphatic imine (C=N–C) groups is 1. The second-order valence-electron chi connectivity index (χ2n) is 6.24. The van der Waals surface area contributed by atoms with Gasteiger partial charge in [0.05, 0.1) is 9.95 Å². The average molecular weight is 421 g/mol. The maximum atomic E-state index is 12.1. The second-order valence-corrected chi connectivity index (χ2v) is 6.64. The van der Waals surface area contributed by atoms with E-state index in [1.54, 1.807) is 24.3 Å². The lowest BCUT2D eigenvalue weighted by Gasteiger charge is -2.00. The number of halogens is 1. The van der Waals surface area contributed by atoms with Crippen LogP contribution in [0.4, 0.5) is 5.69 Å². The van der Waals surface area contributed by atoms with E-state index in [0.29, 0.717) is 22.1 Å². The summed E-state index contributed by atoms with van der Waals surface area (Å²) in [6.07, 6.45) is 4.81. The van der Waals surface area contributed by atoms with Crippen LogP contribution in [0, 0.1) is 10.1 Å². The quantitative estimate of drug-likeness (QED) is 0.234. The van der Waals surface area contributed by atoms with Gasteiger partial charge in [-0.05, 0) is 29.8 Å². The normalized spacial score (nSPS) is 14.9. The van der Waals surface area contributed by atoms with Crippen LogP contribution in [0.25, 0.3) is 23.5 Å². The van der Waals surface area contributed by atoms with Gasteiger partial charge in [0, 0.05) is 29.8 Å². The van der Waals surface area contributed by atoms with Crippen molar-refractivity contribution in [2.24, 2.45) is 4.99 Å². The molecule has 0 amide bonds. The van der Waals surface area contributed by atoms with Gasteiger partial charge in [-0.2, -0.15) is 0 Å². The summed E-state index contributed by atoms with van der Waals surface area (Å²) in [7, 11) is 0. The summed E-state index contributed by atoms with van der Waals surface area (Å²) in [5, 5.41) is 11.3. The second kappa shape index (κ2) is 8.18. The number of carbonyl (C=O) groups is 1. The van der Waals surface area contributed by atoms with Gasteiger partial charge in [0.15, 0.2) is 5.70 Å². The number of nitrogens with zero attached hydrogens (tertiary/aromatic N) is 2. The van der Waals surface area contributed by atoms with Gasteiger partial charge >= 0.3 is 5.97 Å². The Morgan fingerprint density at radius 3 is 2.60 bits per heavy atom. The lowest BCUT2D eigenvalue weighted by molar-refractivity contribution is -0.384. The summed E-state index contributed by atoms with van der Waals surface area (Å²) in [4.78, 5) is 26.7. The van der Waals surface area contributed by atoms with Crippen LogP contribution in [0.3, 0.4) is 0 Å². The Balaban J connectivity index is 1.57. The monoisotopic (exact) mass is 420 g/mol. The minimum Gasteiger partial charge on any atom is -0.457 e. The zero-order valence-electron chi connectivity index (χ0n) is 15.3.